The lowest BCUT2D eigenvalue weighted by molar-refractivity contribution is -0.167. The Morgan fingerprint density at radius 1 is 0.280 bits per heavy atom. The fraction of sp³-hybridized carbons (Fsp3) is 0.754. The standard InChI is InChI=1S/C69H120O6/c1-4-7-10-13-16-18-20-22-24-26-28-30-31-32-33-34-35-36-37-39-40-42-44-46-48-50-53-56-59-62-68(71)74-65-66(64-73-67(70)61-58-55-52-15-12-9-6-3)75-69(72)63-60-57-54-51-49-47-45-43-41-38-29-27-25-23-21-19-17-14-11-8-5-2/h7,10,16,18,21-24,27-30,32-33,66H,4-6,8-9,11-15,17,19-20,25-26,31,34-65H2,1-3H3/b10-7-,18-16-,23-21-,24-22-,29-27-,30-28-,33-32-. The molecule has 0 fully saturated rings. The van der Waals surface area contributed by atoms with Crippen molar-refractivity contribution in [3.8, 4) is 0 Å². The van der Waals surface area contributed by atoms with E-state index in [1.54, 1.807) is 0 Å². The first-order valence-electron chi connectivity index (χ1n) is 32.1. The first-order chi connectivity index (χ1) is 37.0. The minimum Gasteiger partial charge on any atom is -0.462 e. The molecule has 0 bridgehead atoms. The Balaban J connectivity index is 4.11. The average Bonchev–Trinajstić information content (AvgIpc) is 3.41. The third kappa shape index (κ3) is 61.3. The van der Waals surface area contributed by atoms with Gasteiger partial charge >= 0.3 is 17.9 Å². The molecule has 0 saturated carbocycles. The number of carbonyl (C=O) groups excluding carboxylic acids is 3. The molecule has 75 heavy (non-hydrogen) atoms. The Morgan fingerprint density at radius 3 is 0.813 bits per heavy atom. The van der Waals surface area contributed by atoms with E-state index in [0.29, 0.717) is 19.3 Å². The van der Waals surface area contributed by atoms with Gasteiger partial charge in [-0.05, 0) is 96.3 Å². The zero-order valence-electron chi connectivity index (χ0n) is 49.6. The van der Waals surface area contributed by atoms with E-state index in [0.717, 1.165) is 96.3 Å². The molecule has 0 heterocycles. The molecule has 1 unspecified atom stereocenters. The zero-order valence-corrected chi connectivity index (χ0v) is 49.6. The molecule has 0 aliphatic rings. The van der Waals surface area contributed by atoms with Crippen molar-refractivity contribution in [1.29, 1.82) is 0 Å². The monoisotopic (exact) mass is 1040 g/mol. The van der Waals surface area contributed by atoms with Crippen LogP contribution in [-0.4, -0.2) is 37.2 Å². The predicted molar refractivity (Wildman–Crippen MR) is 325 cm³/mol. The molecular formula is C69H120O6. The Morgan fingerprint density at radius 2 is 0.520 bits per heavy atom. The SMILES string of the molecule is CC/C=C\C/C=C\C/C=C\C/C=C\C/C=C\CCCCCCCCCCCCCCCC(=O)OCC(COC(=O)CCCCCCCCC)OC(=O)CCCCCCCCCCC/C=C\C/C=C\CCCCCCC. The van der Waals surface area contributed by atoms with E-state index < -0.39 is 6.10 Å². The van der Waals surface area contributed by atoms with Gasteiger partial charge in [0.05, 0.1) is 0 Å². The molecule has 0 saturated heterocycles. The van der Waals surface area contributed by atoms with Crippen LogP contribution < -0.4 is 0 Å². The summed E-state index contributed by atoms with van der Waals surface area (Å²) in [5, 5.41) is 0. The van der Waals surface area contributed by atoms with E-state index >= 15 is 0 Å². The fourth-order valence-corrected chi connectivity index (χ4v) is 9.09. The van der Waals surface area contributed by atoms with Gasteiger partial charge in [0.15, 0.2) is 6.10 Å². The van der Waals surface area contributed by atoms with Crippen molar-refractivity contribution in [2.24, 2.45) is 0 Å². The highest BCUT2D eigenvalue weighted by Crippen LogP contribution is 2.16. The Hall–Kier alpha value is -3.41. The van der Waals surface area contributed by atoms with Crippen LogP contribution in [0.25, 0.3) is 0 Å². The maximum Gasteiger partial charge on any atom is 0.306 e. The van der Waals surface area contributed by atoms with E-state index in [9.17, 15) is 14.4 Å². The van der Waals surface area contributed by atoms with E-state index in [2.05, 4.69) is 106 Å². The molecule has 0 aromatic carbocycles. The second kappa shape index (κ2) is 63.1. The molecule has 0 amide bonds. The van der Waals surface area contributed by atoms with Gasteiger partial charge in [0.1, 0.15) is 13.2 Å². The van der Waals surface area contributed by atoms with E-state index in [4.69, 9.17) is 14.2 Å². The second-order valence-corrected chi connectivity index (χ2v) is 21.3. The van der Waals surface area contributed by atoms with E-state index in [-0.39, 0.29) is 31.1 Å². The number of ether oxygens (including phenoxy) is 3. The van der Waals surface area contributed by atoms with Gasteiger partial charge in [-0.3, -0.25) is 14.4 Å². The number of carbonyl (C=O) groups is 3. The van der Waals surface area contributed by atoms with Gasteiger partial charge in [-0.2, -0.15) is 0 Å². The lowest BCUT2D eigenvalue weighted by atomic mass is 10.0. The Kier molecular flexibility index (Phi) is 60.3. The topological polar surface area (TPSA) is 78.9 Å². The van der Waals surface area contributed by atoms with Crippen LogP contribution in [0.5, 0.6) is 0 Å². The summed E-state index contributed by atoms with van der Waals surface area (Å²) in [5.74, 6) is -0.876. The molecule has 0 N–H and O–H groups in total. The molecule has 0 spiro atoms. The zero-order chi connectivity index (χ0) is 54.3. The van der Waals surface area contributed by atoms with Crippen LogP contribution >= 0.6 is 0 Å². The number of esters is 3. The second-order valence-electron chi connectivity index (χ2n) is 21.3. The van der Waals surface area contributed by atoms with Crippen molar-refractivity contribution in [2.45, 2.75) is 322 Å². The summed E-state index contributed by atoms with van der Waals surface area (Å²) < 4.78 is 16.8. The largest absolute Gasteiger partial charge is 0.462 e. The number of allylic oxidation sites excluding steroid dienone is 14. The summed E-state index contributed by atoms with van der Waals surface area (Å²) in [6, 6.07) is 0. The van der Waals surface area contributed by atoms with Gasteiger partial charge in [-0.15, -0.1) is 0 Å². The van der Waals surface area contributed by atoms with E-state index in [1.165, 1.54) is 180 Å². The first-order valence-corrected chi connectivity index (χ1v) is 32.1. The molecule has 0 aliphatic heterocycles. The van der Waals surface area contributed by atoms with Crippen molar-refractivity contribution in [2.75, 3.05) is 13.2 Å². The summed E-state index contributed by atoms with van der Waals surface area (Å²) >= 11 is 0. The van der Waals surface area contributed by atoms with Crippen molar-refractivity contribution in [1.82, 2.24) is 0 Å². The first kappa shape index (κ1) is 71.6. The molecular weight excluding hydrogens is 925 g/mol. The highest BCUT2D eigenvalue weighted by molar-refractivity contribution is 5.71. The van der Waals surface area contributed by atoms with Crippen LogP contribution in [-0.2, 0) is 28.6 Å². The van der Waals surface area contributed by atoms with Crippen LogP contribution in [0.3, 0.4) is 0 Å². The molecule has 0 rings (SSSR count). The highest BCUT2D eigenvalue weighted by Gasteiger charge is 2.19. The van der Waals surface area contributed by atoms with Crippen molar-refractivity contribution < 1.29 is 28.6 Å². The lowest BCUT2D eigenvalue weighted by Crippen LogP contribution is -2.30. The van der Waals surface area contributed by atoms with Crippen LogP contribution in [0.2, 0.25) is 0 Å². The summed E-state index contributed by atoms with van der Waals surface area (Å²) in [6.45, 7) is 6.50. The predicted octanol–water partition coefficient (Wildman–Crippen LogP) is 21.9. The lowest BCUT2D eigenvalue weighted by Gasteiger charge is -2.18. The van der Waals surface area contributed by atoms with Crippen molar-refractivity contribution in [3.63, 3.8) is 0 Å². The number of unbranched alkanes of at least 4 members (excludes halogenated alkanes) is 33. The van der Waals surface area contributed by atoms with Gasteiger partial charge < -0.3 is 14.2 Å². The van der Waals surface area contributed by atoms with Crippen molar-refractivity contribution in [3.05, 3.63) is 85.1 Å². The summed E-state index contributed by atoms with van der Waals surface area (Å²) in [6.07, 6.45) is 83.3. The molecule has 6 nitrogen and oxygen atoms in total. The molecule has 0 aliphatic carbocycles. The molecule has 6 heteroatoms. The van der Waals surface area contributed by atoms with Crippen LogP contribution in [0.4, 0.5) is 0 Å². The minimum atomic E-state index is -0.776. The molecule has 0 aromatic heterocycles. The van der Waals surface area contributed by atoms with Gasteiger partial charge in [0.2, 0.25) is 0 Å². The summed E-state index contributed by atoms with van der Waals surface area (Å²) in [7, 11) is 0. The maximum absolute atomic E-state index is 12.9. The third-order valence-corrected chi connectivity index (χ3v) is 13.9. The molecule has 1 atom stereocenters. The van der Waals surface area contributed by atoms with Crippen LogP contribution in [0.1, 0.15) is 316 Å². The van der Waals surface area contributed by atoms with Gasteiger partial charge in [-0.1, -0.05) is 286 Å². The quantitative estimate of drug-likeness (QED) is 0.0261. The Labute approximate surface area is 465 Å². The molecule has 0 radical (unpaired) electrons. The fourth-order valence-electron chi connectivity index (χ4n) is 9.09. The number of rotatable bonds is 58. The minimum absolute atomic E-state index is 0.0757. The third-order valence-electron chi connectivity index (χ3n) is 13.9. The van der Waals surface area contributed by atoms with Gasteiger partial charge in [0.25, 0.3) is 0 Å². The van der Waals surface area contributed by atoms with Gasteiger partial charge in [0, 0.05) is 19.3 Å². The average molecular weight is 1050 g/mol. The van der Waals surface area contributed by atoms with E-state index in [1.807, 2.05) is 0 Å². The summed E-state index contributed by atoms with van der Waals surface area (Å²) in [4.78, 5) is 38.1. The number of hydrogen-bond donors (Lipinski definition) is 0. The summed E-state index contributed by atoms with van der Waals surface area (Å²) in [5.41, 5.74) is 0. The maximum atomic E-state index is 12.9. The van der Waals surface area contributed by atoms with Crippen LogP contribution in [0, 0.1) is 0 Å². The Bertz CT molecular complexity index is 1430. The normalized spacial score (nSPS) is 12.6. The molecule has 0 aromatic rings. The smallest absolute Gasteiger partial charge is 0.306 e. The van der Waals surface area contributed by atoms with Crippen LogP contribution in [0.15, 0.2) is 85.1 Å². The van der Waals surface area contributed by atoms with Gasteiger partial charge in [-0.25, -0.2) is 0 Å². The highest BCUT2D eigenvalue weighted by atomic mass is 16.6. The number of hydrogen-bond acceptors (Lipinski definition) is 6. The molecule has 432 valence electrons. The van der Waals surface area contributed by atoms with Crippen molar-refractivity contribution >= 4 is 17.9 Å².